The summed E-state index contributed by atoms with van der Waals surface area (Å²) in [4.78, 5) is 27.6. The lowest BCUT2D eigenvalue weighted by Gasteiger charge is -2.26. The Balaban J connectivity index is 1.73. The summed E-state index contributed by atoms with van der Waals surface area (Å²) >= 11 is 8.92. The van der Waals surface area contributed by atoms with Crippen molar-refractivity contribution in [2.75, 3.05) is 18.6 Å². The molecular weight excluding hydrogens is 502 g/mol. The van der Waals surface area contributed by atoms with Gasteiger partial charge in [0.1, 0.15) is 5.75 Å². The lowest BCUT2D eigenvalue weighted by atomic mass is 9.95. The standard InChI is InChI=1S/C25H30BrN3O3S/c1-3-15-32-22-14-13-17(26)16-20(22)24(31)28-25(33)29(2)21-12-8-7-11-19(21)23(30)27-18-9-5-4-6-10-18/h7-8,11-14,16,18H,3-6,9-10,15H2,1-2H3,(H,27,30)(H,28,31,33). The van der Waals surface area contributed by atoms with Crippen LogP contribution in [0.25, 0.3) is 0 Å². The number of rotatable bonds is 7. The highest BCUT2D eigenvalue weighted by atomic mass is 79.9. The number of carbonyl (C=O) groups is 2. The summed E-state index contributed by atoms with van der Waals surface area (Å²) in [6.07, 6.45) is 6.35. The average Bonchev–Trinajstić information content (AvgIpc) is 2.83. The van der Waals surface area contributed by atoms with Gasteiger partial charge in [-0.25, -0.2) is 0 Å². The number of nitrogens with one attached hydrogen (secondary N) is 2. The van der Waals surface area contributed by atoms with Crippen LogP contribution in [0, 0.1) is 0 Å². The summed E-state index contributed by atoms with van der Waals surface area (Å²) in [5.41, 5.74) is 1.54. The minimum atomic E-state index is -0.372. The van der Waals surface area contributed by atoms with Gasteiger partial charge >= 0.3 is 0 Å². The number of para-hydroxylation sites is 1. The molecule has 1 aliphatic rings. The Labute approximate surface area is 209 Å². The smallest absolute Gasteiger partial charge is 0.261 e. The summed E-state index contributed by atoms with van der Waals surface area (Å²) in [5.74, 6) is -0.000581. The lowest BCUT2D eigenvalue weighted by molar-refractivity contribution is 0.0927. The van der Waals surface area contributed by atoms with Gasteiger partial charge in [0.15, 0.2) is 5.11 Å². The molecule has 3 rings (SSSR count). The van der Waals surface area contributed by atoms with Crippen molar-refractivity contribution >= 4 is 50.8 Å². The number of benzene rings is 2. The molecule has 0 atom stereocenters. The Hall–Kier alpha value is -2.45. The molecule has 0 bridgehead atoms. The van der Waals surface area contributed by atoms with Crippen molar-refractivity contribution in [3.63, 3.8) is 0 Å². The molecule has 1 fully saturated rings. The lowest BCUT2D eigenvalue weighted by Crippen LogP contribution is -2.42. The van der Waals surface area contributed by atoms with Gasteiger partial charge < -0.3 is 15.0 Å². The molecule has 0 radical (unpaired) electrons. The molecule has 2 aromatic rings. The minimum absolute atomic E-state index is 0.124. The molecule has 0 aliphatic heterocycles. The van der Waals surface area contributed by atoms with Crippen LogP contribution >= 0.6 is 28.1 Å². The summed E-state index contributed by atoms with van der Waals surface area (Å²) < 4.78 is 6.48. The Kier molecular flexibility index (Phi) is 9.26. The maximum Gasteiger partial charge on any atom is 0.261 e. The van der Waals surface area contributed by atoms with E-state index in [1.54, 1.807) is 30.1 Å². The molecule has 0 unspecified atom stereocenters. The van der Waals surface area contributed by atoms with E-state index in [-0.39, 0.29) is 23.0 Å². The van der Waals surface area contributed by atoms with Crippen LogP contribution in [0.15, 0.2) is 46.9 Å². The van der Waals surface area contributed by atoms with Crippen LogP contribution in [-0.4, -0.2) is 36.6 Å². The predicted molar refractivity (Wildman–Crippen MR) is 139 cm³/mol. The van der Waals surface area contributed by atoms with Gasteiger partial charge in [0.05, 0.1) is 23.4 Å². The van der Waals surface area contributed by atoms with Crippen molar-refractivity contribution < 1.29 is 14.3 Å². The van der Waals surface area contributed by atoms with E-state index in [4.69, 9.17) is 17.0 Å². The molecular formula is C25H30BrN3O3S. The van der Waals surface area contributed by atoms with E-state index in [2.05, 4.69) is 26.6 Å². The Morgan fingerprint density at radius 2 is 1.82 bits per heavy atom. The zero-order valence-corrected chi connectivity index (χ0v) is 21.4. The maximum atomic E-state index is 13.0. The molecule has 1 aliphatic carbocycles. The van der Waals surface area contributed by atoms with E-state index in [0.717, 1.165) is 36.6 Å². The molecule has 176 valence electrons. The fourth-order valence-corrected chi connectivity index (χ4v) is 4.40. The summed E-state index contributed by atoms with van der Waals surface area (Å²) in [6, 6.07) is 12.8. The number of hydrogen-bond donors (Lipinski definition) is 2. The highest BCUT2D eigenvalue weighted by Crippen LogP contribution is 2.25. The monoisotopic (exact) mass is 531 g/mol. The van der Waals surface area contributed by atoms with Crippen LogP contribution < -0.4 is 20.3 Å². The summed E-state index contributed by atoms with van der Waals surface area (Å²) in [6.45, 7) is 2.51. The van der Waals surface area contributed by atoms with Gasteiger partial charge in [-0.15, -0.1) is 0 Å². The third-order valence-corrected chi connectivity index (χ3v) is 6.49. The minimum Gasteiger partial charge on any atom is -0.493 e. The van der Waals surface area contributed by atoms with E-state index >= 15 is 0 Å². The van der Waals surface area contributed by atoms with Crippen LogP contribution in [0.1, 0.15) is 66.2 Å². The van der Waals surface area contributed by atoms with Gasteiger partial charge in [-0.2, -0.15) is 0 Å². The molecule has 2 amide bonds. The molecule has 0 spiro atoms. The zero-order valence-electron chi connectivity index (χ0n) is 19.0. The summed E-state index contributed by atoms with van der Waals surface area (Å²) in [5, 5.41) is 6.12. The number of carbonyl (C=O) groups excluding carboxylic acids is 2. The predicted octanol–water partition coefficient (Wildman–Crippen LogP) is 5.45. The highest BCUT2D eigenvalue weighted by molar-refractivity contribution is 9.10. The SMILES string of the molecule is CCCOc1ccc(Br)cc1C(=O)NC(=S)N(C)c1ccccc1C(=O)NC1CCCCC1. The first kappa shape index (κ1) is 25.2. The summed E-state index contributed by atoms with van der Waals surface area (Å²) in [7, 11) is 1.74. The molecule has 6 nitrogen and oxygen atoms in total. The first-order valence-corrected chi connectivity index (χ1v) is 12.5. The van der Waals surface area contributed by atoms with Gasteiger partial charge in [-0.3, -0.25) is 14.9 Å². The molecule has 33 heavy (non-hydrogen) atoms. The second-order valence-electron chi connectivity index (χ2n) is 8.13. The number of amides is 2. The van der Waals surface area contributed by atoms with Gasteiger partial charge in [0.25, 0.3) is 11.8 Å². The van der Waals surface area contributed by atoms with E-state index in [0.29, 0.717) is 29.2 Å². The quantitative estimate of drug-likeness (QED) is 0.464. The molecule has 2 aromatic carbocycles. The third-order valence-electron chi connectivity index (χ3n) is 5.62. The third kappa shape index (κ3) is 6.77. The molecule has 0 saturated heterocycles. The van der Waals surface area contributed by atoms with E-state index < -0.39 is 0 Å². The molecule has 8 heteroatoms. The van der Waals surface area contributed by atoms with Crippen LogP contribution in [0.4, 0.5) is 5.69 Å². The van der Waals surface area contributed by atoms with Crippen molar-refractivity contribution in [2.45, 2.75) is 51.5 Å². The van der Waals surface area contributed by atoms with Crippen LogP contribution in [0.2, 0.25) is 0 Å². The first-order chi connectivity index (χ1) is 15.9. The van der Waals surface area contributed by atoms with Crippen molar-refractivity contribution in [2.24, 2.45) is 0 Å². The molecule has 0 aromatic heterocycles. The number of anilines is 1. The zero-order chi connectivity index (χ0) is 23.8. The van der Waals surface area contributed by atoms with Crippen molar-refractivity contribution in [1.29, 1.82) is 0 Å². The maximum absolute atomic E-state index is 13.0. The van der Waals surface area contributed by atoms with Crippen molar-refractivity contribution in [1.82, 2.24) is 10.6 Å². The highest BCUT2D eigenvalue weighted by Gasteiger charge is 2.22. The second-order valence-corrected chi connectivity index (χ2v) is 9.44. The number of hydrogen-bond acceptors (Lipinski definition) is 4. The number of halogens is 1. The first-order valence-electron chi connectivity index (χ1n) is 11.3. The van der Waals surface area contributed by atoms with E-state index in [1.807, 2.05) is 31.2 Å². The number of ether oxygens (including phenoxy) is 1. The average molecular weight is 533 g/mol. The van der Waals surface area contributed by atoms with Crippen molar-refractivity contribution in [3.05, 3.63) is 58.1 Å². The van der Waals surface area contributed by atoms with Crippen LogP contribution in [-0.2, 0) is 0 Å². The molecule has 0 heterocycles. The van der Waals surface area contributed by atoms with E-state index in [1.165, 1.54) is 6.42 Å². The van der Waals surface area contributed by atoms with Crippen molar-refractivity contribution in [3.8, 4) is 5.75 Å². The fourth-order valence-electron chi connectivity index (χ4n) is 3.84. The van der Waals surface area contributed by atoms with Gasteiger partial charge in [-0.05, 0) is 61.8 Å². The van der Waals surface area contributed by atoms with Crippen LogP contribution in [0.3, 0.4) is 0 Å². The normalized spacial score (nSPS) is 13.8. The van der Waals surface area contributed by atoms with Crippen LogP contribution in [0.5, 0.6) is 5.75 Å². The largest absolute Gasteiger partial charge is 0.493 e. The fraction of sp³-hybridized carbons (Fsp3) is 0.400. The Morgan fingerprint density at radius 3 is 2.55 bits per heavy atom. The number of thiocarbonyl (C=S) groups is 1. The number of nitrogens with zero attached hydrogens (tertiary/aromatic N) is 1. The molecule has 1 saturated carbocycles. The van der Waals surface area contributed by atoms with Gasteiger partial charge in [-0.1, -0.05) is 54.2 Å². The second kappa shape index (κ2) is 12.1. The van der Waals surface area contributed by atoms with E-state index in [9.17, 15) is 9.59 Å². The molecule has 2 N–H and O–H groups in total. The van der Waals surface area contributed by atoms with Gasteiger partial charge in [0, 0.05) is 17.6 Å². The van der Waals surface area contributed by atoms with Gasteiger partial charge in [0.2, 0.25) is 0 Å². The Morgan fingerprint density at radius 1 is 1.09 bits per heavy atom. The Bertz CT molecular complexity index is 1010. The topological polar surface area (TPSA) is 70.7 Å².